The summed E-state index contributed by atoms with van der Waals surface area (Å²) >= 11 is 0. The van der Waals surface area contributed by atoms with E-state index in [2.05, 4.69) is 15.4 Å². The zero-order chi connectivity index (χ0) is 22.2. The van der Waals surface area contributed by atoms with Gasteiger partial charge in [-0.2, -0.15) is 18.3 Å². The standard InChI is InChI=1S/C20H22F3N5O3/c21-20(22,23)15-16(11-4-5-11)27-28(10-13-3-1-2-8-31-13)17(15)19(30)26-12-6-7-25-14(9-12)18(24)29/h6-7,9,11,13H,1-5,8,10H2,(H2,24,29)(H,25,26,30). The van der Waals surface area contributed by atoms with Crippen LogP contribution in [0.15, 0.2) is 18.3 Å². The Morgan fingerprint density at radius 2 is 2.03 bits per heavy atom. The predicted octanol–water partition coefficient (Wildman–Crippen LogP) is 3.09. The van der Waals surface area contributed by atoms with Gasteiger partial charge in [0.2, 0.25) is 0 Å². The second-order valence-corrected chi connectivity index (χ2v) is 7.80. The number of ether oxygens (including phenoxy) is 1. The van der Waals surface area contributed by atoms with E-state index >= 15 is 0 Å². The Labute approximate surface area is 176 Å². The Hall–Kier alpha value is -2.95. The summed E-state index contributed by atoms with van der Waals surface area (Å²) in [5.41, 5.74) is 3.52. The van der Waals surface area contributed by atoms with Crippen LogP contribution in [0.5, 0.6) is 0 Å². The van der Waals surface area contributed by atoms with Gasteiger partial charge in [-0.3, -0.25) is 19.3 Å². The molecule has 4 rings (SSSR count). The van der Waals surface area contributed by atoms with Crippen molar-refractivity contribution in [1.82, 2.24) is 14.8 Å². The Kier molecular flexibility index (Phi) is 5.69. The molecule has 3 heterocycles. The van der Waals surface area contributed by atoms with E-state index in [1.165, 1.54) is 18.3 Å². The lowest BCUT2D eigenvalue weighted by molar-refractivity contribution is -0.138. The van der Waals surface area contributed by atoms with Gasteiger partial charge in [0.15, 0.2) is 0 Å². The van der Waals surface area contributed by atoms with Gasteiger partial charge in [0.1, 0.15) is 17.0 Å². The van der Waals surface area contributed by atoms with E-state index in [-0.39, 0.29) is 35.6 Å². The lowest BCUT2D eigenvalue weighted by Gasteiger charge is -2.23. The fraction of sp³-hybridized carbons (Fsp3) is 0.500. The normalized spacial score (nSPS) is 19.3. The number of nitrogens with one attached hydrogen (secondary N) is 1. The Bertz CT molecular complexity index is 994. The number of carbonyl (C=O) groups is 2. The number of aromatic nitrogens is 3. The Morgan fingerprint density at radius 1 is 1.26 bits per heavy atom. The topological polar surface area (TPSA) is 112 Å². The van der Waals surface area contributed by atoms with E-state index in [0.717, 1.165) is 17.5 Å². The first kappa shape index (κ1) is 21.3. The lowest BCUT2D eigenvalue weighted by Crippen LogP contribution is -2.29. The molecule has 1 unspecified atom stereocenters. The summed E-state index contributed by atoms with van der Waals surface area (Å²) in [6, 6.07) is 2.57. The van der Waals surface area contributed by atoms with Crippen LogP contribution in [0.1, 0.15) is 70.3 Å². The molecule has 0 aromatic carbocycles. The molecule has 1 saturated heterocycles. The van der Waals surface area contributed by atoms with Gasteiger partial charge in [-0.15, -0.1) is 0 Å². The maximum absolute atomic E-state index is 14.0. The van der Waals surface area contributed by atoms with E-state index < -0.39 is 29.2 Å². The molecular formula is C20H22F3N5O3. The quantitative estimate of drug-likeness (QED) is 0.721. The van der Waals surface area contributed by atoms with Crippen LogP contribution in [-0.4, -0.2) is 39.3 Å². The van der Waals surface area contributed by atoms with Gasteiger partial charge in [0.25, 0.3) is 11.8 Å². The average molecular weight is 437 g/mol. The van der Waals surface area contributed by atoms with Crippen LogP contribution in [0.25, 0.3) is 0 Å². The molecule has 31 heavy (non-hydrogen) atoms. The van der Waals surface area contributed by atoms with Crippen molar-refractivity contribution in [3.63, 3.8) is 0 Å². The number of alkyl halides is 3. The van der Waals surface area contributed by atoms with Gasteiger partial charge in [0, 0.05) is 24.4 Å². The third-order valence-electron chi connectivity index (χ3n) is 5.36. The Morgan fingerprint density at radius 3 is 2.65 bits per heavy atom. The van der Waals surface area contributed by atoms with Crippen molar-refractivity contribution in [3.05, 3.63) is 41.0 Å². The molecule has 166 valence electrons. The van der Waals surface area contributed by atoms with Gasteiger partial charge in [-0.1, -0.05) is 0 Å². The van der Waals surface area contributed by atoms with Gasteiger partial charge in [-0.25, -0.2) is 0 Å². The van der Waals surface area contributed by atoms with Crippen LogP contribution in [0, 0.1) is 0 Å². The van der Waals surface area contributed by atoms with Crippen molar-refractivity contribution in [3.8, 4) is 0 Å². The number of halogens is 3. The number of anilines is 1. The minimum absolute atomic E-state index is 0.0570. The van der Waals surface area contributed by atoms with Crippen molar-refractivity contribution in [2.24, 2.45) is 5.73 Å². The second kappa shape index (κ2) is 8.29. The molecule has 11 heteroatoms. The molecule has 2 amide bonds. The van der Waals surface area contributed by atoms with Crippen molar-refractivity contribution in [2.45, 2.75) is 56.8 Å². The van der Waals surface area contributed by atoms with Crippen LogP contribution in [0.4, 0.5) is 18.9 Å². The molecule has 0 spiro atoms. The maximum Gasteiger partial charge on any atom is 0.420 e. The number of pyridine rings is 1. The molecule has 0 bridgehead atoms. The SMILES string of the molecule is NC(=O)c1cc(NC(=O)c2c(C(F)(F)F)c(C3CC3)nn2CC2CCCCO2)ccn1. The monoisotopic (exact) mass is 437 g/mol. The molecule has 1 atom stereocenters. The first-order chi connectivity index (χ1) is 14.7. The van der Waals surface area contributed by atoms with Crippen LogP contribution in [-0.2, 0) is 17.5 Å². The Balaban J connectivity index is 1.71. The van der Waals surface area contributed by atoms with Crippen LogP contribution < -0.4 is 11.1 Å². The first-order valence-corrected chi connectivity index (χ1v) is 10.1. The van der Waals surface area contributed by atoms with E-state index in [1.807, 2.05) is 0 Å². The summed E-state index contributed by atoms with van der Waals surface area (Å²) < 4.78 is 48.8. The van der Waals surface area contributed by atoms with Crippen LogP contribution in [0.2, 0.25) is 0 Å². The van der Waals surface area contributed by atoms with E-state index in [4.69, 9.17) is 10.5 Å². The third-order valence-corrected chi connectivity index (χ3v) is 5.36. The van der Waals surface area contributed by atoms with Gasteiger partial charge >= 0.3 is 6.18 Å². The largest absolute Gasteiger partial charge is 0.420 e. The molecule has 3 N–H and O–H groups in total. The highest BCUT2D eigenvalue weighted by molar-refractivity contribution is 6.05. The van der Waals surface area contributed by atoms with Crippen molar-refractivity contribution >= 4 is 17.5 Å². The van der Waals surface area contributed by atoms with E-state index in [9.17, 15) is 22.8 Å². The molecule has 1 aliphatic carbocycles. The van der Waals surface area contributed by atoms with Gasteiger partial charge in [-0.05, 0) is 44.2 Å². The average Bonchev–Trinajstić information content (AvgIpc) is 3.49. The zero-order valence-electron chi connectivity index (χ0n) is 16.6. The summed E-state index contributed by atoms with van der Waals surface area (Å²) in [4.78, 5) is 28.1. The van der Waals surface area contributed by atoms with Crippen molar-refractivity contribution in [1.29, 1.82) is 0 Å². The minimum atomic E-state index is -4.74. The van der Waals surface area contributed by atoms with Crippen molar-refractivity contribution < 1.29 is 27.5 Å². The third kappa shape index (κ3) is 4.71. The fourth-order valence-electron chi connectivity index (χ4n) is 3.74. The number of rotatable bonds is 6. The minimum Gasteiger partial charge on any atom is -0.376 e. The molecule has 8 nitrogen and oxygen atoms in total. The molecule has 2 aromatic rings. The number of carbonyl (C=O) groups excluding carboxylic acids is 2. The van der Waals surface area contributed by atoms with Crippen LogP contribution >= 0.6 is 0 Å². The predicted molar refractivity (Wildman–Crippen MR) is 104 cm³/mol. The summed E-state index contributed by atoms with van der Waals surface area (Å²) in [5.74, 6) is -2.09. The highest BCUT2D eigenvalue weighted by Gasteiger charge is 2.46. The van der Waals surface area contributed by atoms with E-state index in [0.29, 0.717) is 25.9 Å². The second-order valence-electron chi connectivity index (χ2n) is 7.80. The smallest absolute Gasteiger partial charge is 0.376 e. The highest BCUT2D eigenvalue weighted by atomic mass is 19.4. The molecule has 0 radical (unpaired) electrons. The first-order valence-electron chi connectivity index (χ1n) is 10.1. The molecule has 2 aromatic heterocycles. The number of amides is 2. The highest BCUT2D eigenvalue weighted by Crippen LogP contribution is 2.46. The number of primary amides is 1. The summed E-state index contributed by atoms with van der Waals surface area (Å²) in [7, 11) is 0. The fourth-order valence-corrected chi connectivity index (χ4v) is 3.74. The molecule has 1 aliphatic heterocycles. The van der Waals surface area contributed by atoms with Crippen molar-refractivity contribution in [2.75, 3.05) is 11.9 Å². The molecule has 1 saturated carbocycles. The van der Waals surface area contributed by atoms with Gasteiger partial charge in [0.05, 0.1) is 18.3 Å². The summed E-state index contributed by atoms with van der Waals surface area (Å²) in [5, 5.41) is 6.64. The summed E-state index contributed by atoms with van der Waals surface area (Å²) in [6.07, 6.45) is -0.115. The molecular weight excluding hydrogens is 415 g/mol. The number of hydrogen-bond donors (Lipinski definition) is 2. The summed E-state index contributed by atoms with van der Waals surface area (Å²) in [6.45, 7) is 0.587. The molecule has 2 fully saturated rings. The number of hydrogen-bond acceptors (Lipinski definition) is 5. The van der Waals surface area contributed by atoms with Crippen LogP contribution in [0.3, 0.4) is 0 Å². The number of nitrogens with zero attached hydrogens (tertiary/aromatic N) is 3. The zero-order valence-corrected chi connectivity index (χ0v) is 16.6. The maximum atomic E-state index is 14.0. The van der Waals surface area contributed by atoms with Gasteiger partial charge < -0.3 is 15.8 Å². The number of nitrogens with two attached hydrogens (primary N) is 1. The lowest BCUT2D eigenvalue weighted by atomic mass is 10.1. The van der Waals surface area contributed by atoms with E-state index in [1.54, 1.807) is 0 Å². The molecule has 2 aliphatic rings.